The molecule has 2 aromatic carbocycles. The Morgan fingerprint density at radius 3 is 2.61 bits per heavy atom. The predicted molar refractivity (Wildman–Crippen MR) is 117 cm³/mol. The molecule has 0 N–H and O–H groups in total. The fraction of sp³-hybridized carbons (Fsp3) is 0.333. The standard InChI is InChI=1S/C21H23Cl2N3OS/c1-14-11-15(7-10-19(14)27-3)5-4-6-20-24-25-21(26(20)2)28-13-16-8-9-17(22)12-18(16)23/h7-12H,4-6,13H2,1-3H3. The Labute approximate surface area is 180 Å². The van der Waals surface area contributed by atoms with E-state index >= 15 is 0 Å². The first kappa shape index (κ1) is 21.0. The van der Waals surface area contributed by atoms with Crippen molar-refractivity contribution < 1.29 is 4.74 Å². The fourth-order valence-electron chi connectivity index (χ4n) is 3.02. The average molecular weight is 436 g/mol. The van der Waals surface area contributed by atoms with Gasteiger partial charge in [0.05, 0.1) is 7.11 Å². The summed E-state index contributed by atoms with van der Waals surface area (Å²) in [5.74, 6) is 2.65. The highest BCUT2D eigenvalue weighted by molar-refractivity contribution is 7.98. The molecule has 0 fully saturated rings. The van der Waals surface area contributed by atoms with Crippen LogP contribution in [0.15, 0.2) is 41.6 Å². The third kappa shape index (κ3) is 5.22. The van der Waals surface area contributed by atoms with E-state index in [9.17, 15) is 0 Å². The van der Waals surface area contributed by atoms with Crippen molar-refractivity contribution in [2.24, 2.45) is 7.05 Å². The van der Waals surface area contributed by atoms with E-state index in [0.29, 0.717) is 10.0 Å². The lowest BCUT2D eigenvalue weighted by Gasteiger charge is -2.08. The Morgan fingerprint density at radius 2 is 1.89 bits per heavy atom. The third-order valence-electron chi connectivity index (χ3n) is 4.62. The summed E-state index contributed by atoms with van der Waals surface area (Å²) in [6.07, 6.45) is 2.91. The average Bonchev–Trinajstić information content (AvgIpc) is 3.01. The number of aryl methyl sites for hydroxylation is 3. The Bertz CT molecular complexity index is 959. The number of ether oxygens (including phenoxy) is 1. The van der Waals surface area contributed by atoms with Gasteiger partial charge >= 0.3 is 0 Å². The second-order valence-electron chi connectivity index (χ2n) is 6.64. The molecule has 0 spiro atoms. The summed E-state index contributed by atoms with van der Waals surface area (Å²) in [4.78, 5) is 0. The van der Waals surface area contributed by atoms with Crippen LogP contribution < -0.4 is 4.74 Å². The van der Waals surface area contributed by atoms with E-state index in [-0.39, 0.29) is 0 Å². The molecule has 0 aliphatic rings. The van der Waals surface area contributed by atoms with E-state index < -0.39 is 0 Å². The van der Waals surface area contributed by atoms with Crippen molar-refractivity contribution in [1.82, 2.24) is 14.8 Å². The van der Waals surface area contributed by atoms with Gasteiger partial charge in [-0.05, 0) is 54.7 Å². The molecule has 0 amide bonds. The molecule has 0 atom stereocenters. The molecule has 0 bridgehead atoms. The smallest absolute Gasteiger partial charge is 0.191 e. The third-order valence-corrected chi connectivity index (χ3v) is 6.28. The second-order valence-corrected chi connectivity index (χ2v) is 8.43. The monoisotopic (exact) mass is 435 g/mol. The fourth-order valence-corrected chi connectivity index (χ4v) is 4.50. The molecule has 3 aromatic rings. The Kier molecular flexibility index (Phi) is 7.27. The Hall–Kier alpha value is -1.69. The molecule has 7 heteroatoms. The molecule has 0 unspecified atom stereocenters. The molecule has 0 aliphatic heterocycles. The molecule has 0 saturated carbocycles. The number of nitrogens with zero attached hydrogens (tertiary/aromatic N) is 3. The highest BCUT2D eigenvalue weighted by atomic mass is 35.5. The van der Waals surface area contributed by atoms with E-state index in [4.69, 9.17) is 27.9 Å². The quantitative estimate of drug-likeness (QED) is 0.412. The van der Waals surface area contributed by atoms with Gasteiger partial charge in [-0.25, -0.2) is 0 Å². The highest BCUT2D eigenvalue weighted by Gasteiger charge is 2.11. The maximum atomic E-state index is 6.25. The van der Waals surface area contributed by atoms with E-state index in [2.05, 4.69) is 33.8 Å². The van der Waals surface area contributed by atoms with Gasteiger partial charge < -0.3 is 9.30 Å². The van der Waals surface area contributed by atoms with Crippen LogP contribution in [-0.2, 0) is 25.6 Å². The van der Waals surface area contributed by atoms with Gasteiger partial charge in [-0.3, -0.25) is 0 Å². The maximum Gasteiger partial charge on any atom is 0.191 e. The van der Waals surface area contributed by atoms with Crippen molar-refractivity contribution in [1.29, 1.82) is 0 Å². The minimum Gasteiger partial charge on any atom is -0.496 e. The molecule has 1 heterocycles. The highest BCUT2D eigenvalue weighted by Crippen LogP contribution is 2.28. The SMILES string of the molecule is COc1ccc(CCCc2nnc(SCc3ccc(Cl)cc3Cl)n2C)cc1C. The van der Waals surface area contributed by atoms with Crippen LogP contribution in [0.25, 0.3) is 0 Å². The Morgan fingerprint density at radius 1 is 1.07 bits per heavy atom. The largest absolute Gasteiger partial charge is 0.496 e. The number of hydrogen-bond acceptors (Lipinski definition) is 4. The summed E-state index contributed by atoms with van der Waals surface area (Å²) < 4.78 is 7.38. The lowest BCUT2D eigenvalue weighted by Crippen LogP contribution is -2.01. The van der Waals surface area contributed by atoms with E-state index in [1.54, 1.807) is 24.9 Å². The summed E-state index contributed by atoms with van der Waals surface area (Å²) in [5, 5.41) is 10.9. The number of aromatic nitrogens is 3. The van der Waals surface area contributed by atoms with Crippen LogP contribution in [0.1, 0.15) is 28.9 Å². The number of thioether (sulfide) groups is 1. The topological polar surface area (TPSA) is 39.9 Å². The number of rotatable bonds is 8. The van der Waals surface area contributed by atoms with Gasteiger partial charge in [0.2, 0.25) is 0 Å². The predicted octanol–water partition coefficient (Wildman–Crippen LogP) is 5.91. The summed E-state index contributed by atoms with van der Waals surface area (Å²) in [5.41, 5.74) is 3.51. The lowest BCUT2D eigenvalue weighted by atomic mass is 10.0. The normalized spacial score (nSPS) is 11.0. The molecule has 0 saturated heterocycles. The molecule has 1 aromatic heterocycles. The van der Waals surface area contributed by atoms with Crippen LogP contribution in [0.2, 0.25) is 10.0 Å². The lowest BCUT2D eigenvalue weighted by molar-refractivity contribution is 0.411. The van der Waals surface area contributed by atoms with Gasteiger partial charge in [0.1, 0.15) is 11.6 Å². The number of halogens is 2. The van der Waals surface area contributed by atoms with Crippen LogP contribution in [0.3, 0.4) is 0 Å². The van der Waals surface area contributed by atoms with Crippen LogP contribution >= 0.6 is 35.0 Å². The molecule has 148 valence electrons. The zero-order valence-electron chi connectivity index (χ0n) is 16.2. The summed E-state index contributed by atoms with van der Waals surface area (Å²) >= 11 is 13.8. The molecular formula is C21H23Cl2N3OS. The first-order valence-electron chi connectivity index (χ1n) is 9.06. The van der Waals surface area contributed by atoms with Crippen molar-refractivity contribution in [3.63, 3.8) is 0 Å². The molecule has 0 radical (unpaired) electrons. The molecule has 28 heavy (non-hydrogen) atoms. The van der Waals surface area contributed by atoms with Crippen molar-refractivity contribution >= 4 is 35.0 Å². The van der Waals surface area contributed by atoms with Gasteiger partial charge in [-0.15, -0.1) is 10.2 Å². The van der Waals surface area contributed by atoms with Gasteiger partial charge in [0.15, 0.2) is 5.16 Å². The van der Waals surface area contributed by atoms with Gasteiger partial charge in [-0.2, -0.15) is 0 Å². The Balaban J connectivity index is 1.55. The van der Waals surface area contributed by atoms with Crippen LogP contribution in [0.4, 0.5) is 0 Å². The van der Waals surface area contributed by atoms with Crippen LogP contribution in [0, 0.1) is 6.92 Å². The van der Waals surface area contributed by atoms with Crippen molar-refractivity contribution in [3.05, 3.63) is 69.0 Å². The van der Waals surface area contributed by atoms with Crippen LogP contribution in [-0.4, -0.2) is 21.9 Å². The number of methoxy groups -OCH3 is 1. The van der Waals surface area contributed by atoms with Crippen molar-refractivity contribution in [3.8, 4) is 5.75 Å². The minimum absolute atomic E-state index is 0.645. The molecular weight excluding hydrogens is 413 g/mol. The first-order chi connectivity index (χ1) is 13.5. The van der Waals surface area contributed by atoms with E-state index in [1.165, 1.54) is 11.1 Å². The van der Waals surface area contributed by atoms with E-state index in [1.807, 2.05) is 25.2 Å². The number of hydrogen-bond donors (Lipinski definition) is 0. The van der Waals surface area contributed by atoms with Crippen LogP contribution in [0.5, 0.6) is 5.75 Å². The zero-order valence-corrected chi connectivity index (χ0v) is 18.5. The molecule has 3 rings (SSSR count). The van der Waals surface area contributed by atoms with Gasteiger partial charge in [-0.1, -0.05) is 53.2 Å². The molecule has 0 aliphatic carbocycles. The molecule has 4 nitrogen and oxygen atoms in total. The second kappa shape index (κ2) is 9.68. The minimum atomic E-state index is 0.645. The zero-order chi connectivity index (χ0) is 20.1. The van der Waals surface area contributed by atoms with Gasteiger partial charge in [0, 0.05) is 29.3 Å². The van der Waals surface area contributed by atoms with Crippen molar-refractivity contribution in [2.45, 2.75) is 37.1 Å². The summed E-state index contributed by atoms with van der Waals surface area (Å²) in [6, 6.07) is 11.9. The maximum absolute atomic E-state index is 6.25. The summed E-state index contributed by atoms with van der Waals surface area (Å²) in [6.45, 7) is 2.07. The van der Waals surface area contributed by atoms with Gasteiger partial charge in [0.25, 0.3) is 0 Å². The first-order valence-corrected chi connectivity index (χ1v) is 10.8. The number of benzene rings is 2. The van der Waals surface area contributed by atoms with Crippen molar-refractivity contribution in [2.75, 3.05) is 7.11 Å². The van der Waals surface area contributed by atoms with E-state index in [0.717, 1.165) is 47.3 Å². The summed E-state index contributed by atoms with van der Waals surface area (Å²) in [7, 11) is 3.71.